The van der Waals surface area contributed by atoms with Crippen molar-refractivity contribution in [2.24, 2.45) is 11.8 Å². The lowest BCUT2D eigenvalue weighted by Gasteiger charge is -2.30. The lowest BCUT2D eigenvalue weighted by atomic mass is 9.81. The lowest BCUT2D eigenvalue weighted by molar-refractivity contribution is 0.0475. The Bertz CT molecular complexity index is 437. The van der Waals surface area contributed by atoms with Gasteiger partial charge in [0.05, 0.1) is 12.2 Å². The molecule has 0 bridgehead atoms. The Labute approximate surface area is 137 Å². The van der Waals surface area contributed by atoms with Crippen LogP contribution in [0.3, 0.4) is 0 Å². The molecule has 0 saturated carbocycles. The predicted molar refractivity (Wildman–Crippen MR) is 90.4 cm³/mol. The summed E-state index contributed by atoms with van der Waals surface area (Å²) < 4.78 is 7.07. The Kier molecular flexibility index (Phi) is 6.20. The molecule has 1 aromatic rings. The van der Waals surface area contributed by atoms with E-state index >= 15 is 0 Å². The molecule has 21 heavy (non-hydrogen) atoms. The topological polar surface area (TPSA) is 34.2 Å². The van der Waals surface area contributed by atoms with Gasteiger partial charge in [0.2, 0.25) is 0 Å². The van der Waals surface area contributed by atoms with Crippen LogP contribution < -0.4 is 5.32 Å². The molecular weight excluding hydrogens is 328 g/mol. The molecule has 0 spiro atoms. The van der Waals surface area contributed by atoms with Crippen molar-refractivity contribution in [2.75, 3.05) is 6.54 Å². The van der Waals surface area contributed by atoms with Crippen molar-refractivity contribution in [1.82, 2.24) is 10.3 Å². The Morgan fingerprint density at radius 3 is 2.57 bits per heavy atom. The van der Waals surface area contributed by atoms with Crippen molar-refractivity contribution in [3.63, 3.8) is 0 Å². The summed E-state index contributed by atoms with van der Waals surface area (Å²) in [5.41, 5.74) is 1.14. The van der Waals surface area contributed by atoms with E-state index in [0.29, 0.717) is 30.1 Å². The summed E-state index contributed by atoms with van der Waals surface area (Å²) in [5, 5.41) is 3.72. The predicted octanol–water partition coefficient (Wildman–Crippen LogP) is 3.81. The van der Waals surface area contributed by atoms with Gasteiger partial charge in [-0.2, -0.15) is 0 Å². The molecule has 2 heterocycles. The summed E-state index contributed by atoms with van der Waals surface area (Å²) in [4.78, 5) is 4.54. The number of hydrogen-bond acceptors (Lipinski definition) is 3. The van der Waals surface area contributed by atoms with Gasteiger partial charge < -0.3 is 10.1 Å². The first-order valence-corrected chi connectivity index (χ1v) is 8.81. The summed E-state index contributed by atoms with van der Waals surface area (Å²) in [7, 11) is 0. The van der Waals surface area contributed by atoms with Crippen LogP contribution >= 0.6 is 15.9 Å². The van der Waals surface area contributed by atoms with Gasteiger partial charge in [0.25, 0.3) is 0 Å². The number of aromatic nitrogens is 1. The van der Waals surface area contributed by atoms with Gasteiger partial charge in [-0.25, -0.2) is 0 Å². The molecule has 1 aliphatic heterocycles. The maximum Gasteiger partial charge on any atom is 0.0597 e. The lowest BCUT2D eigenvalue weighted by Crippen LogP contribution is -2.43. The van der Waals surface area contributed by atoms with E-state index in [-0.39, 0.29) is 0 Å². The van der Waals surface area contributed by atoms with E-state index in [1.807, 2.05) is 6.20 Å². The summed E-state index contributed by atoms with van der Waals surface area (Å²) in [5.74, 6) is 1.11. The molecule has 2 rings (SSSR count). The molecule has 1 N–H and O–H groups in total. The number of rotatable bonds is 6. The van der Waals surface area contributed by atoms with Crippen LogP contribution in [-0.2, 0) is 11.2 Å². The fraction of sp³-hybridized carbons (Fsp3) is 0.706. The van der Waals surface area contributed by atoms with Crippen molar-refractivity contribution in [1.29, 1.82) is 0 Å². The van der Waals surface area contributed by atoms with Gasteiger partial charge in [-0.05, 0) is 60.8 Å². The van der Waals surface area contributed by atoms with E-state index in [0.717, 1.165) is 29.6 Å². The molecule has 1 aliphatic rings. The van der Waals surface area contributed by atoms with Crippen LogP contribution in [0.4, 0.5) is 0 Å². The third-order valence-electron chi connectivity index (χ3n) is 4.66. The molecule has 118 valence electrons. The van der Waals surface area contributed by atoms with Gasteiger partial charge >= 0.3 is 0 Å². The minimum Gasteiger partial charge on any atom is -0.375 e. The normalized spacial score (nSPS) is 30.5. The van der Waals surface area contributed by atoms with Crippen LogP contribution in [-0.4, -0.2) is 29.8 Å². The van der Waals surface area contributed by atoms with Crippen LogP contribution in [0.1, 0.15) is 39.8 Å². The smallest absolute Gasteiger partial charge is 0.0597 e. The van der Waals surface area contributed by atoms with E-state index in [1.165, 1.54) is 0 Å². The third-order valence-corrected chi connectivity index (χ3v) is 5.13. The van der Waals surface area contributed by atoms with Gasteiger partial charge in [0.1, 0.15) is 0 Å². The zero-order valence-corrected chi connectivity index (χ0v) is 15.1. The van der Waals surface area contributed by atoms with E-state index in [2.05, 4.69) is 66.1 Å². The monoisotopic (exact) mass is 354 g/mol. The highest BCUT2D eigenvalue weighted by Gasteiger charge is 2.41. The first kappa shape index (κ1) is 16.9. The zero-order valence-electron chi connectivity index (χ0n) is 13.5. The Morgan fingerprint density at radius 1 is 1.29 bits per heavy atom. The molecule has 0 amide bonds. The zero-order chi connectivity index (χ0) is 15.4. The average Bonchev–Trinajstić information content (AvgIpc) is 2.71. The minimum atomic E-state index is 0.305. The second kappa shape index (κ2) is 7.70. The fourth-order valence-corrected chi connectivity index (χ4v) is 3.65. The molecular formula is C17H27BrN2O. The second-order valence-electron chi connectivity index (χ2n) is 6.22. The quantitative estimate of drug-likeness (QED) is 0.843. The van der Waals surface area contributed by atoms with Gasteiger partial charge in [0, 0.05) is 34.7 Å². The minimum absolute atomic E-state index is 0.305. The van der Waals surface area contributed by atoms with Crippen molar-refractivity contribution in [3.05, 3.63) is 28.5 Å². The van der Waals surface area contributed by atoms with E-state index < -0.39 is 0 Å². The molecule has 0 radical (unpaired) electrons. The van der Waals surface area contributed by atoms with Gasteiger partial charge in [-0.3, -0.25) is 4.98 Å². The summed E-state index contributed by atoms with van der Waals surface area (Å²) >= 11 is 3.45. The molecule has 1 fully saturated rings. The van der Waals surface area contributed by atoms with Gasteiger partial charge in [-0.1, -0.05) is 13.8 Å². The Morgan fingerprint density at radius 2 is 2.05 bits per heavy atom. The molecule has 0 aromatic carbocycles. The van der Waals surface area contributed by atoms with Crippen LogP contribution in [0.5, 0.6) is 0 Å². The highest BCUT2D eigenvalue weighted by atomic mass is 79.9. The largest absolute Gasteiger partial charge is 0.375 e. The molecule has 3 nitrogen and oxygen atoms in total. The maximum absolute atomic E-state index is 6.04. The van der Waals surface area contributed by atoms with E-state index in [4.69, 9.17) is 4.74 Å². The van der Waals surface area contributed by atoms with Gasteiger partial charge in [0.15, 0.2) is 0 Å². The van der Waals surface area contributed by atoms with Gasteiger partial charge in [-0.15, -0.1) is 0 Å². The van der Waals surface area contributed by atoms with Crippen LogP contribution in [0.15, 0.2) is 22.8 Å². The van der Waals surface area contributed by atoms with Crippen LogP contribution in [0.25, 0.3) is 0 Å². The number of ether oxygens (including phenoxy) is 1. The Balaban J connectivity index is 2.12. The molecule has 5 unspecified atom stereocenters. The Hall–Kier alpha value is -0.450. The van der Waals surface area contributed by atoms with Crippen molar-refractivity contribution in [2.45, 2.75) is 58.8 Å². The van der Waals surface area contributed by atoms with Crippen molar-refractivity contribution >= 4 is 15.9 Å². The SMILES string of the molecule is CCCNC(Cc1ccc(Br)cn1)C1C(C)OC(C)C1C. The first-order chi connectivity index (χ1) is 10.0. The number of hydrogen-bond donors (Lipinski definition) is 1. The van der Waals surface area contributed by atoms with Crippen molar-refractivity contribution < 1.29 is 4.74 Å². The molecule has 1 aromatic heterocycles. The highest BCUT2D eigenvalue weighted by Crippen LogP contribution is 2.35. The molecule has 1 saturated heterocycles. The summed E-state index contributed by atoms with van der Waals surface area (Å²) in [6.45, 7) is 9.97. The number of halogens is 1. The first-order valence-electron chi connectivity index (χ1n) is 8.02. The summed E-state index contributed by atoms with van der Waals surface area (Å²) in [6.07, 6.45) is 4.64. The molecule has 4 heteroatoms. The van der Waals surface area contributed by atoms with E-state index in [9.17, 15) is 0 Å². The van der Waals surface area contributed by atoms with Crippen LogP contribution in [0.2, 0.25) is 0 Å². The number of nitrogens with zero attached hydrogens (tertiary/aromatic N) is 1. The average molecular weight is 355 g/mol. The summed E-state index contributed by atoms with van der Waals surface area (Å²) in [6, 6.07) is 4.60. The fourth-order valence-electron chi connectivity index (χ4n) is 3.41. The van der Waals surface area contributed by atoms with E-state index in [1.54, 1.807) is 0 Å². The molecule has 0 aliphatic carbocycles. The maximum atomic E-state index is 6.04. The second-order valence-corrected chi connectivity index (χ2v) is 7.13. The van der Waals surface area contributed by atoms with Crippen molar-refractivity contribution in [3.8, 4) is 0 Å². The standard InChI is InChI=1S/C17H27BrN2O/c1-5-8-19-16(9-15-7-6-14(18)10-20-15)17-11(2)12(3)21-13(17)4/h6-7,10-13,16-17,19H,5,8-9H2,1-4H3. The number of nitrogens with one attached hydrogen (secondary N) is 1. The molecule has 5 atom stereocenters. The van der Waals surface area contributed by atoms with Crippen LogP contribution in [0, 0.1) is 11.8 Å². The number of pyridine rings is 1. The third kappa shape index (κ3) is 4.27. The highest BCUT2D eigenvalue weighted by molar-refractivity contribution is 9.10.